The minimum Gasteiger partial charge on any atom is -0.481 e. The number of carbonyl (C=O) groups excluding carboxylic acids is 2. The number of benzene rings is 1. The first-order valence-corrected chi connectivity index (χ1v) is 14.6. The summed E-state index contributed by atoms with van der Waals surface area (Å²) < 4.78 is 0. The van der Waals surface area contributed by atoms with Crippen molar-refractivity contribution in [2.75, 3.05) is 22.9 Å². The highest BCUT2D eigenvalue weighted by molar-refractivity contribution is 7.14. The van der Waals surface area contributed by atoms with E-state index < -0.39 is 11.9 Å². The fourth-order valence-corrected chi connectivity index (χ4v) is 6.68. The van der Waals surface area contributed by atoms with Crippen molar-refractivity contribution in [3.63, 3.8) is 0 Å². The molecule has 0 unspecified atom stereocenters. The number of hydrogen-bond acceptors (Lipinski definition) is 6. The van der Waals surface area contributed by atoms with E-state index in [4.69, 9.17) is 4.98 Å². The maximum absolute atomic E-state index is 13.7. The van der Waals surface area contributed by atoms with Crippen LogP contribution in [0.15, 0.2) is 48.0 Å². The Hall–Kier alpha value is -3.59. The lowest BCUT2D eigenvalue weighted by atomic mass is 9.76. The van der Waals surface area contributed by atoms with Crippen LogP contribution in [0.1, 0.15) is 52.4 Å². The molecule has 4 heterocycles. The average Bonchev–Trinajstić information content (AvgIpc) is 3.58. The lowest BCUT2D eigenvalue weighted by Gasteiger charge is -2.34. The smallest absolute Gasteiger partial charge is 0.304 e. The Morgan fingerprint density at radius 1 is 1.05 bits per heavy atom. The SMILES string of the molecule is CC(C)[C@@H]1CCCCN(c2nc(-c3ccccc3-c3ccc(N4CCCC4=O)nc3)cs2)C(=O)[C@H]1CC(=O)O. The van der Waals surface area contributed by atoms with Gasteiger partial charge in [0.1, 0.15) is 5.82 Å². The van der Waals surface area contributed by atoms with Gasteiger partial charge in [0.25, 0.3) is 0 Å². The fourth-order valence-electron chi connectivity index (χ4n) is 5.82. The van der Waals surface area contributed by atoms with Crippen molar-refractivity contribution in [1.29, 1.82) is 0 Å². The van der Waals surface area contributed by atoms with Crippen LogP contribution in [0.25, 0.3) is 22.4 Å². The molecule has 2 aromatic heterocycles. The van der Waals surface area contributed by atoms with Gasteiger partial charge in [-0.25, -0.2) is 9.97 Å². The molecule has 0 radical (unpaired) electrons. The van der Waals surface area contributed by atoms with Gasteiger partial charge in [-0.3, -0.25) is 24.2 Å². The highest BCUT2D eigenvalue weighted by Gasteiger charge is 2.37. The van der Waals surface area contributed by atoms with E-state index in [1.807, 2.05) is 41.8 Å². The fraction of sp³-hybridized carbons (Fsp3) is 0.433. The van der Waals surface area contributed by atoms with E-state index in [1.165, 1.54) is 11.3 Å². The molecule has 3 aromatic rings. The van der Waals surface area contributed by atoms with Gasteiger partial charge in [-0.05, 0) is 48.8 Å². The molecule has 2 aliphatic rings. The number of hydrogen-bond donors (Lipinski definition) is 1. The first-order valence-electron chi connectivity index (χ1n) is 13.7. The van der Waals surface area contributed by atoms with Gasteiger partial charge in [0.2, 0.25) is 11.8 Å². The van der Waals surface area contributed by atoms with Crippen LogP contribution in [0, 0.1) is 17.8 Å². The largest absolute Gasteiger partial charge is 0.481 e. The molecule has 1 N–H and O–H groups in total. The number of aliphatic carboxylic acids is 1. The lowest BCUT2D eigenvalue weighted by Crippen LogP contribution is -2.43. The number of amides is 2. The molecule has 39 heavy (non-hydrogen) atoms. The third-order valence-electron chi connectivity index (χ3n) is 7.85. The van der Waals surface area contributed by atoms with Gasteiger partial charge >= 0.3 is 5.97 Å². The Morgan fingerprint density at radius 2 is 1.82 bits per heavy atom. The summed E-state index contributed by atoms with van der Waals surface area (Å²) in [6, 6.07) is 11.8. The summed E-state index contributed by atoms with van der Waals surface area (Å²) in [5.74, 6) is -0.614. The van der Waals surface area contributed by atoms with Crippen molar-refractivity contribution in [1.82, 2.24) is 9.97 Å². The Bertz CT molecular complexity index is 1350. The molecule has 0 bridgehead atoms. The third kappa shape index (κ3) is 5.73. The van der Waals surface area contributed by atoms with Crippen LogP contribution in [-0.2, 0) is 14.4 Å². The highest BCUT2D eigenvalue weighted by Crippen LogP contribution is 2.38. The Labute approximate surface area is 232 Å². The van der Waals surface area contributed by atoms with Crippen molar-refractivity contribution in [3.8, 4) is 22.4 Å². The molecule has 8 nitrogen and oxygen atoms in total. The van der Waals surface area contributed by atoms with Crippen LogP contribution in [-0.4, -0.2) is 45.9 Å². The minimum atomic E-state index is -0.943. The molecular weight excluding hydrogens is 512 g/mol. The molecule has 0 aliphatic carbocycles. The predicted octanol–water partition coefficient (Wildman–Crippen LogP) is 5.88. The summed E-state index contributed by atoms with van der Waals surface area (Å²) in [6.45, 7) is 5.38. The second-order valence-corrected chi connectivity index (χ2v) is 11.5. The summed E-state index contributed by atoms with van der Waals surface area (Å²) in [5, 5.41) is 12.1. The first kappa shape index (κ1) is 27.0. The molecule has 2 aliphatic heterocycles. The Morgan fingerprint density at radius 3 is 2.49 bits per heavy atom. The second kappa shape index (κ2) is 11.7. The van der Waals surface area contributed by atoms with Gasteiger partial charge in [0.05, 0.1) is 18.0 Å². The normalized spacial score (nSPS) is 20.4. The number of anilines is 2. The van der Waals surface area contributed by atoms with E-state index in [0.29, 0.717) is 30.5 Å². The summed E-state index contributed by atoms with van der Waals surface area (Å²) in [7, 11) is 0. The maximum Gasteiger partial charge on any atom is 0.304 e. The van der Waals surface area contributed by atoms with Crippen molar-refractivity contribution < 1.29 is 19.5 Å². The molecule has 2 amide bonds. The van der Waals surface area contributed by atoms with Gasteiger partial charge in [0.15, 0.2) is 5.13 Å². The average molecular weight is 547 g/mol. The minimum absolute atomic E-state index is 0.0304. The van der Waals surface area contributed by atoms with Crippen LogP contribution in [0.3, 0.4) is 0 Å². The van der Waals surface area contributed by atoms with Gasteiger partial charge < -0.3 is 5.11 Å². The second-order valence-electron chi connectivity index (χ2n) is 10.7. The van der Waals surface area contributed by atoms with E-state index in [9.17, 15) is 19.5 Å². The summed E-state index contributed by atoms with van der Waals surface area (Å²) >= 11 is 1.41. The zero-order valence-corrected chi connectivity index (χ0v) is 23.2. The van der Waals surface area contributed by atoms with Crippen LogP contribution in [0.2, 0.25) is 0 Å². The number of aromatic nitrogens is 2. The van der Waals surface area contributed by atoms with Gasteiger partial charge in [-0.1, -0.05) is 44.5 Å². The van der Waals surface area contributed by atoms with Crippen molar-refractivity contribution in [2.24, 2.45) is 17.8 Å². The molecule has 204 valence electrons. The summed E-state index contributed by atoms with van der Waals surface area (Å²) in [4.78, 5) is 50.4. The zero-order chi connectivity index (χ0) is 27.5. The standard InChI is InChI=1S/C30H34N4O4S/c1-19(2)21-8-5-6-14-34(29(38)24(21)16-28(36)37)30-32-25(18-39-30)23-10-4-3-9-22(23)20-12-13-26(31-17-20)33-15-7-11-27(33)35/h3-4,9-10,12-13,17-19,21,24H,5-8,11,14-16H2,1-2H3,(H,36,37)/t21-,24-/m0/s1. The molecule has 9 heteroatoms. The van der Waals surface area contributed by atoms with Crippen molar-refractivity contribution in [3.05, 3.63) is 48.0 Å². The molecule has 2 atom stereocenters. The molecule has 0 spiro atoms. The maximum atomic E-state index is 13.7. The van der Waals surface area contributed by atoms with E-state index in [0.717, 1.165) is 48.1 Å². The summed E-state index contributed by atoms with van der Waals surface area (Å²) in [6.07, 6.45) is 5.72. The number of carboxylic acids is 1. The monoisotopic (exact) mass is 546 g/mol. The van der Waals surface area contributed by atoms with E-state index in [-0.39, 0.29) is 30.1 Å². The molecular formula is C30H34N4O4S. The molecule has 5 rings (SSSR count). The summed E-state index contributed by atoms with van der Waals surface area (Å²) in [5.41, 5.74) is 3.56. The number of thiazole rings is 1. The zero-order valence-electron chi connectivity index (χ0n) is 22.4. The van der Waals surface area contributed by atoms with E-state index >= 15 is 0 Å². The quantitative estimate of drug-likeness (QED) is 0.397. The van der Waals surface area contributed by atoms with Crippen LogP contribution in [0.4, 0.5) is 10.9 Å². The van der Waals surface area contributed by atoms with E-state index in [2.05, 4.69) is 18.8 Å². The van der Waals surface area contributed by atoms with Crippen molar-refractivity contribution >= 4 is 40.1 Å². The Balaban J connectivity index is 1.43. The number of rotatable bonds is 7. The topological polar surface area (TPSA) is 104 Å². The molecule has 0 saturated carbocycles. The molecule has 2 fully saturated rings. The third-order valence-corrected chi connectivity index (χ3v) is 8.72. The van der Waals surface area contributed by atoms with Crippen LogP contribution < -0.4 is 9.80 Å². The number of pyridine rings is 1. The lowest BCUT2D eigenvalue weighted by molar-refractivity contribution is -0.142. The Kier molecular flexibility index (Phi) is 8.07. The predicted molar refractivity (Wildman–Crippen MR) is 153 cm³/mol. The number of carbonyl (C=O) groups is 3. The van der Waals surface area contributed by atoms with Crippen LogP contribution >= 0.6 is 11.3 Å². The number of carboxylic acid groups (broad SMARTS) is 1. The van der Waals surface area contributed by atoms with Gasteiger partial charge in [-0.15, -0.1) is 11.3 Å². The first-order chi connectivity index (χ1) is 18.8. The van der Waals surface area contributed by atoms with Gasteiger partial charge in [0, 0.05) is 42.2 Å². The molecule has 1 aromatic carbocycles. The van der Waals surface area contributed by atoms with E-state index in [1.54, 1.807) is 16.0 Å². The van der Waals surface area contributed by atoms with Crippen molar-refractivity contribution in [2.45, 2.75) is 52.4 Å². The van der Waals surface area contributed by atoms with Crippen LogP contribution in [0.5, 0.6) is 0 Å². The highest BCUT2D eigenvalue weighted by atomic mass is 32.1. The van der Waals surface area contributed by atoms with Gasteiger partial charge in [-0.2, -0.15) is 0 Å². The number of nitrogens with zero attached hydrogens (tertiary/aromatic N) is 4. The molecule has 2 saturated heterocycles.